The highest BCUT2D eigenvalue weighted by atomic mass is 35.5. The summed E-state index contributed by atoms with van der Waals surface area (Å²) in [6.07, 6.45) is 0.653. The van der Waals surface area contributed by atoms with E-state index < -0.39 is 29.6 Å². The van der Waals surface area contributed by atoms with Crippen molar-refractivity contribution >= 4 is 40.7 Å². The molecule has 9 heteroatoms. The van der Waals surface area contributed by atoms with Crippen LogP contribution in [0.4, 0.5) is 15.8 Å². The third-order valence-electron chi connectivity index (χ3n) is 4.16. The van der Waals surface area contributed by atoms with Gasteiger partial charge in [-0.3, -0.25) is 19.2 Å². The van der Waals surface area contributed by atoms with Crippen molar-refractivity contribution < 1.29 is 23.6 Å². The molecule has 1 atom stereocenters. The molecule has 0 spiro atoms. The van der Waals surface area contributed by atoms with Gasteiger partial charge in [0.15, 0.2) is 0 Å². The van der Waals surface area contributed by atoms with Crippen LogP contribution in [0.3, 0.4) is 0 Å². The van der Waals surface area contributed by atoms with Crippen LogP contribution in [0.15, 0.2) is 23.3 Å². The van der Waals surface area contributed by atoms with Crippen molar-refractivity contribution in [1.29, 1.82) is 0 Å². The summed E-state index contributed by atoms with van der Waals surface area (Å²) < 4.78 is 14.5. The second-order valence-corrected chi connectivity index (χ2v) is 7.06. The second-order valence-electron chi connectivity index (χ2n) is 6.65. The summed E-state index contributed by atoms with van der Waals surface area (Å²) in [5.41, 5.74) is 3.33. The maximum absolute atomic E-state index is 14.5. The van der Waals surface area contributed by atoms with Gasteiger partial charge in [0.05, 0.1) is 29.4 Å². The zero-order valence-corrected chi connectivity index (χ0v) is 16.9. The van der Waals surface area contributed by atoms with E-state index in [1.807, 2.05) is 6.92 Å². The smallest absolute Gasteiger partial charge is 0.265 e. The third-order valence-corrected chi connectivity index (χ3v) is 4.48. The Bertz CT molecular complexity index is 837. The molecule has 7 nitrogen and oxygen atoms in total. The number of rotatable bonds is 7. The number of anilines is 2. The average Bonchev–Trinajstić information content (AvgIpc) is 2.92. The lowest BCUT2D eigenvalue weighted by Gasteiger charge is -2.20. The van der Waals surface area contributed by atoms with Crippen LogP contribution in [-0.2, 0) is 19.2 Å². The Balaban J connectivity index is 2.28. The van der Waals surface area contributed by atoms with E-state index in [2.05, 4.69) is 10.8 Å². The monoisotopic (exact) mass is 411 g/mol. The topological polar surface area (TPSA) is 87.7 Å². The lowest BCUT2D eigenvalue weighted by atomic mass is 10.1. The van der Waals surface area contributed by atoms with Gasteiger partial charge < -0.3 is 5.32 Å². The van der Waals surface area contributed by atoms with Gasteiger partial charge in [-0.25, -0.2) is 14.8 Å². The molecule has 1 aromatic carbocycles. The average molecular weight is 412 g/mol. The summed E-state index contributed by atoms with van der Waals surface area (Å²) >= 11 is 6.07. The van der Waals surface area contributed by atoms with Crippen LogP contribution in [0.5, 0.6) is 0 Å². The number of amides is 3. The van der Waals surface area contributed by atoms with Gasteiger partial charge >= 0.3 is 0 Å². The number of carbonyl (C=O) groups excluding carboxylic acids is 3. The maximum Gasteiger partial charge on any atom is 0.265 e. The number of halogens is 2. The number of hydroxylamine groups is 1. The number of imide groups is 1. The second kappa shape index (κ2) is 9.16. The van der Waals surface area contributed by atoms with Crippen LogP contribution in [-0.4, -0.2) is 30.4 Å². The summed E-state index contributed by atoms with van der Waals surface area (Å²) in [4.78, 5) is 42.6. The minimum absolute atomic E-state index is 0.0110. The predicted molar refractivity (Wildman–Crippen MR) is 104 cm³/mol. The highest BCUT2D eigenvalue weighted by Gasteiger charge is 2.37. The van der Waals surface area contributed by atoms with Crippen molar-refractivity contribution in [2.75, 3.05) is 16.8 Å². The molecule has 1 fully saturated rings. The third kappa shape index (κ3) is 4.69. The van der Waals surface area contributed by atoms with Gasteiger partial charge in [0.2, 0.25) is 5.91 Å². The van der Waals surface area contributed by atoms with Crippen molar-refractivity contribution in [1.82, 2.24) is 5.48 Å². The zero-order valence-electron chi connectivity index (χ0n) is 16.2. The molecular formula is C19H23ClFN3O4. The zero-order chi connectivity index (χ0) is 21.0. The van der Waals surface area contributed by atoms with Crippen LogP contribution in [0.2, 0.25) is 5.02 Å². The quantitative estimate of drug-likeness (QED) is 0.311. The minimum atomic E-state index is -0.810. The molecule has 0 bridgehead atoms. The van der Waals surface area contributed by atoms with Crippen LogP contribution in [0.25, 0.3) is 0 Å². The molecule has 0 aliphatic carbocycles. The lowest BCUT2D eigenvalue weighted by Crippen LogP contribution is -2.38. The van der Waals surface area contributed by atoms with E-state index in [1.165, 1.54) is 6.07 Å². The van der Waals surface area contributed by atoms with E-state index in [0.717, 1.165) is 17.4 Å². The molecule has 2 N–H and O–H groups in total. The minimum Gasteiger partial charge on any atom is -0.373 e. The molecule has 28 heavy (non-hydrogen) atoms. The Hall–Kier alpha value is -2.45. The number of allylic oxidation sites excluding steroid dienone is 1. The Kier molecular flexibility index (Phi) is 7.15. The Labute approximate surface area is 167 Å². The van der Waals surface area contributed by atoms with Gasteiger partial charge in [-0.15, -0.1) is 0 Å². The molecule has 3 amide bonds. The summed E-state index contributed by atoms with van der Waals surface area (Å²) in [7, 11) is 0. The molecule has 1 heterocycles. The fourth-order valence-electron chi connectivity index (χ4n) is 2.62. The van der Waals surface area contributed by atoms with Crippen LogP contribution < -0.4 is 15.7 Å². The first-order chi connectivity index (χ1) is 13.2. The summed E-state index contributed by atoms with van der Waals surface area (Å²) in [5, 5.41) is 2.85. The van der Waals surface area contributed by atoms with E-state index >= 15 is 0 Å². The first kappa shape index (κ1) is 21.8. The van der Waals surface area contributed by atoms with E-state index in [9.17, 15) is 18.8 Å². The van der Waals surface area contributed by atoms with Crippen LogP contribution >= 0.6 is 11.6 Å². The fraction of sp³-hybridized carbons (Fsp3) is 0.421. The van der Waals surface area contributed by atoms with Crippen molar-refractivity contribution in [3.05, 3.63) is 34.1 Å². The van der Waals surface area contributed by atoms with E-state index in [4.69, 9.17) is 16.4 Å². The predicted octanol–water partition coefficient (Wildman–Crippen LogP) is 3.34. The maximum atomic E-state index is 14.5. The van der Waals surface area contributed by atoms with Gasteiger partial charge in [0.25, 0.3) is 11.8 Å². The SMILES string of the molecule is CCCONC(=O)C(C)Nc1cc(N2C(=O)CC(=C(C)C)C2=O)c(F)cc1Cl. The van der Waals surface area contributed by atoms with Gasteiger partial charge in [-0.05, 0) is 39.3 Å². The van der Waals surface area contributed by atoms with Gasteiger partial charge in [-0.1, -0.05) is 24.1 Å². The molecule has 152 valence electrons. The van der Waals surface area contributed by atoms with Crippen LogP contribution in [0, 0.1) is 5.82 Å². The first-order valence-corrected chi connectivity index (χ1v) is 9.26. The summed E-state index contributed by atoms with van der Waals surface area (Å²) in [6, 6.07) is 1.49. The highest BCUT2D eigenvalue weighted by Crippen LogP contribution is 2.35. The molecule has 2 rings (SSSR count). The lowest BCUT2D eigenvalue weighted by molar-refractivity contribution is -0.134. The highest BCUT2D eigenvalue weighted by molar-refractivity contribution is 6.34. The number of nitrogens with one attached hydrogen (secondary N) is 2. The van der Waals surface area contributed by atoms with Gasteiger partial charge in [0.1, 0.15) is 11.9 Å². The van der Waals surface area contributed by atoms with Crippen molar-refractivity contribution in [3.63, 3.8) is 0 Å². The first-order valence-electron chi connectivity index (χ1n) is 8.88. The molecule has 0 saturated carbocycles. The van der Waals surface area contributed by atoms with Crippen LogP contribution in [0.1, 0.15) is 40.5 Å². The standard InChI is InChI=1S/C19H23ClFN3O4/c1-5-6-28-23-18(26)11(4)22-15-9-16(14(21)8-13(15)20)24-17(25)7-12(10(2)3)19(24)27/h8-9,11,22H,5-7H2,1-4H3,(H,23,26). The number of carbonyl (C=O) groups is 3. The molecule has 1 saturated heterocycles. The molecule has 1 aliphatic heterocycles. The largest absolute Gasteiger partial charge is 0.373 e. The molecule has 1 aliphatic rings. The molecule has 1 aromatic rings. The number of hydrogen-bond acceptors (Lipinski definition) is 5. The number of nitrogens with zero attached hydrogens (tertiary/aromatic N) is 1. The molecule has 0 aromatic heterocycles. The van der Waals surface area contributed by atoms with Crippen molar-refractivity contribution in [2.45, 2.75) is 46.6 Å². The Morgan fingerprint density at radius 2 is 2.04 bits per heavy atom. The molecule has 1 unspecified atom stereocenters. The Morgan fingerprint density at radius 1 is 1.36 bits per heavy atom. The number of benzene rings is 1. The van der Waals surface area contributed by atoms with E-state index in [-0.39, 0.29) is 22.8 Å². The van der Waals surface area contributed by atoms with Gasteiger partial charge in [0, 0.05) is 5.57 Å². The van der Waals surface area contributed by atoms with Crippen molar-refractivity contribution in [2.24, 2.45) is 0 Å². The van der Waals surface area contributed by atoms with Gasteiger partial charge in [-0.2, -0.15) is 0 Å². The number of hydrogen-bond donors (Lipinski definition) is 2. The van der Waals surface area contributed by atoms with Crippen molar-refractivity contribution in [3.8, 4) is 0 Å². The fourth-order valence-corrected chi connectivity index (χ4v) is 2.82. The Morgan fingerprint density at radius 3 is 2.61 bits per heavy atom. The summed E-state index contributed by atoms with van der Waals surface area (Å²) in [5.74, 6) is -2.34. The normalized spacial score (nSPS) is 15.1. The van der Waals surface area contributed by atoms with E-state index in [1.54, 1.807) is 20.8 Å². The molecular weight excluding hydrogens is 389 g/mol. The summed E-state index contributed by atoms with van der Waals surface area (Å²) in [6.45, 7) is 7.27. The van der Waals surface area contributed by atoms with E-state index in [0.29, 0.717) is 17.8 Å². The molecule has 0 radical (unpaired) electrons.